The van der Waals surface area contributed by atoms with E-state index in [2.05, 4.69) is 15.9 Å². The molecule has 0 atom stereocenters. The van der Waals surface area contributed by atoms with Gasteiger partial charge in [-0.3, -0.25) is 4.72 Å². The number of anilines is 1. The summed E-state index contributed by atoms with van der Waals surface area (Å²) in [7, 11) is -4.14. The van der Waals surface area contributed by atoms with Crippen molar-refractivity contribution in [1.29, 1.82) is 0 Å². The van der Waals surface area contributed by atoms with Gasteiger partial charge >= 0.3 is 6.18 Å². The Hall–Kier alpha value is -1.25. The fraction of sp³-hybridized carbons (Fsp3) is 0.0769. The molecular formula is C13H8BrClF3NO2S. The summed E-state index contributed by atoms with van der Waals surface area (Å²) in [5.74, 6) is 0. The molecule has 9 heteroatoms. The maximum atomic E-state index is 13.0. The Morgan fingerprint density at radius 2 is 1.64 bits per heavy atom. The molecule has 2 rings (SSSR count). The minimum absolute atomic E-state index is 0.140. The quantitative estimate of drug-likeness (QED) is 0.775. The van der Waals surface area contributed by atoms with Gasteiger partial charge in [0.1, 0.15) is 0 Å². The molecule has 0 aromatic heterocycles. The lowest BCUT2D eigenvalue weighted by atomic mass is 10.2. The monoisotopic (exact) mass is 413 g/mol. The number of alkyl halides is 3. The minimum Gasteiger partial charge on any atom is -0.279 e. The Kier molecular flexibility index (Phi) is 4.74. The van der Waals surface area contributed by atoms with E-state index in [1.54, 1.807) is 0 Å². The summed E-state index contributed by atoms with van der Waals surface area (Å²) in [5, 5.41) is -0.140. The van der Waals surface area contributed by atoms with E-state index in [0.29, 0.717) is 10.5 Å². The van der Waals surface area contributed by atoms with Crippen LogP contribution in [0.2, 0.25) is 5.02 Å². The van der Waals surface area contributed by atoms with Gasteiger partial charge < -0.3 is 0 Å². The number of benzene rings is 2. The molecule has 0 aliphatic heterocycles. The van der Waals surface area contributed by atoms with Gasteiger partial charge in [-0.25, -0.2) is 8.42 Å². The summed E-state index contributed by atoms with van der Waals surface area (Å²) in [6.07, 6.45) is -4.73. The van der Waals surface area contributed by atoms with Crippen molar-refractivity contribution < 1.29 is 21.6 Å². The van der Waals surface area contributed by atoms with Crippen molar-refractivity contribution in [2.45, 2.75) is 11.1 Å². The molecule has 0 radical (unpaired) electrons. The van der Waals surface area contributed by atoms with Crippen molar-refractivity contribution in [3.63, 3.8) is 0 Å². The number of hydrogen-bond acceptors (Lipinski definition) is 2. The third kappa shape index (κ3) is 3.93. The first-order chi connectivity index (χ1) is 10.1. The second kappa shape index (κ2) is 6.10. The molecule has 0 saturated carbocycles. The van der Waals surface area contributed by atoms with E-state index in [4.69, 9.17) is 11.6 Å². The van der Waals surface area contributed by atoms with Crippen molar-refractivity contribution in [3.8, 4) is 0 Å². The predicted octanol–water partition coefficient (Wildman–Crippen LogP) is 4.92. The van der Waals surface area contributed by atoms with Crippen LogP contribution in [0.15, 0.2) is 51.8 Å². The van der Waals surface area contributed by atoms with Gasteiger partial charge in [0.05, 0.1) is 16.1 Å². The highest BCUT2D eigenvalue weighted by atomic mass is 79.9. The lowest BCUT2D eigenvalue weighted by Crippen LogP contribution is -2.17. The van der Waals surface area contributed by atoms with E-state index in [1.165, 1.54) is 30.3 Å². The molecule has 0 amide bonds. The molecule has 2 aromatic carbocycles. The molecule has 1 N–H and O–H groups in total. The molecule has 3 nitrogen and oxygen atoms in total. The molecular weight excluding hydrogens is 407 g/mol. The highest BCUT2D eigenvalue weighted by molar-refractivity contribution is 9.10. The Morgan fingerprint density at radius 1 is 1.05 bits per heavy atom. The van der Waals surface area contributed by atoms with Crippen LogP contribution in [0, 0.1) is 0 Å². The summed E-state index contributed by atoms with van der Waals surface area (Å²) < 4.78 is 65.8. The Bertz CT molecular complexity index is 792. The van der Waals surface area contributed by atoms with Gasteiger partial charge in [0.15, 0.2) is 0 Å². The molecule has 0 aliphatic carbocycles. The zero-order valence-corrected chi connectivity index (χ0v) is 13.8. The smallest absolute Gasteiger partial charge is 0.279 e. The number of halogens is 5. The van der Waals surface area contributed by atoms with Gasteiger partial charge in [-0.2, -0.15) is 13.2 Å². The summed E-state index contributed by atoms with van der Waals surface area (Å²) >= 11 is 8.69. The van der Waals surface area contributed by atoms with Gasteiger partial charge in [0.25, 0.3) is 10.0 Å². The first kappa shape index (κ1) is 17.1. The van der Waals surface area contributed by atoms with Gasteiger partial charge in [-0.1, -0.05) is 27.5 Å². The highest BCUT2D eigenvalue weighted by Gasteiger charge is 2.35. The highest BCUT2D eigenvalue weighted by Crippen LogP contribution is 2.37. The lowest BCUT2D eigenvalue weighted by Gasteiger charge is -2.15. The zero-order chi connectivity index (χ0) is 16.5. The fourth-order valence-electron chi connectivity index (χ4n) is 1.66. The van der Waals surface area contributed by atoms with Crippen molar-refractivity contribution in [2.24, 2.45) is 0 Å². The van der Waals surface area contributed by atoms with Crippen molar-refractivity contribution in [1.82, 2.24) is 0 Å². The lowest BCUT2D eigenvalue weighted by molar-refractivity contribution is -0.136. The van der Waals surface area contributed by atoms with Gasteiger partial charge in [0.2, 0.25) is 0 Å². The predicted molar refractivity (Wildman–Crippen MR) is 81.4 cm³/mol. The van der Waals surface area contributed by atoms with E-state index in [9.17, 15) is 21.6 Å². The summed E-state index contributed by atoms with van der Waals surface area (Å²) in [6.45, 7) is 0. The third-order valence-electron chi connectivity index (χ3n) is 2.66. The van der Waals surface area contributed by atoms with Crippen LogP contribution in [0.1, 0.15) is 5.56 Å². The van der Waals surface area contributed by atoms with Crippen molar-refractivity contribution in [3.05, 3.63) is 57.5 Å². The first-order valence-electron chi connectivity index (χ1n) is 5.75. The number of rotatable bonds is 3. The topological polar surface area (TPSA) is 46.2 Å². The summed E-state index contributed by atoms with van der Waals surface area (Å²) in [4.78, 5) is -0.154. The normalized spacial score (nSPS) is 12.2. The molecule has 0 fully saturated rings. The van der Waals surface area contributed by atoms with E-state index in [0.717, 1.165) is 6.07 Å². The van der Waals surface area contributed by atoms with E-state index < -0.39 is 27.5 Å². The standard InChI is InChI=1S/C13H8BrClF3NO2S/c14-8-1-4-10(5-2-8)22(20,21)19-12-6-3-9(15)7-11(12)13(16,17)18/h1-7,19H. The largest absolute Gasteiger partial charge is 0.418 e. The van der Waals surface area contributed by atoms with Crippen LogP contribution >= 0.6 is 27.5 Å². The molecule has 0 unspecified atom stereocenters. The zero-order valence-electron chi connectivity index (χ0n) is 10.7. The second-order valence-electron chi connectivity index (χ2n) is 4.25. The second-order valence-corrected chi connectivity index (χ2v) is 7.28. The van der Waals surface area contributed by atoms with Crippen LogP contribution in [-0.2, 0) is 16.2 Å². The Labute approximate surface area is 138 Å². The maximum Gasteiger partial charge on any atom is 0.418 e. The summed E-state index contributed by atoms with van der Waals surface area (Å²) in [5.41, 5.74) is -1.74. The van der Waals surface area contributed by atoms with Gasteiger partial charge in [-0.15, -0.1) is 0 Å². The van der Waals surface area contributed by atoms with Crippen molar-refractivity contribution in [2.75, 3.05) is 4.72 Å². The Balaban J connectivity index is 2.44. The van der Waals surface area contributed by atoms with E-state index in [-0.39, 0.29) is 9.92 Å². The van der Waals surface area contributed by atoms with Crippen LogP contribution in [0.5, 0.6) is 0 Å². The molecule has 22 heavy (non-hydrogen) atoms. The molecule has 2 aromatic rings. The van der Waals surface area contributed by atoms with Crippen LogP contribution in [-0.4, -0.2) is 8.42 Å². The molecule has 0 aliphatic rings. The molecule has 0 saturated heterocycles. The SMILES string of the molecule is O=S(=O)(Nc1ccc(Cl)cc1C(F)(F)F)c1ccc(Br)cc1. The van der Waals surface area contributed by atoms with Crippen LogP contribution in [0.25, 0.3) is 0 Å². The third-order valence-corrected chi connectivity index (χ3v) is 4.80. The molecule has 0 spiro atoms. The number of sulfonamides is 1. The van der Waals surface area contributed by atoms with Gasteiger partial charge in [0, 0.05) is 9.50 Å². The van der Waals surface area contributed by atoms with Crippen LogP contribution < -0.4 is 4.72 Å². The van der Waals surface area contributed by atoms with Crippen LogP contribution in [0.3, 0.4) is 0 Å². The summed E-state index contributed by atoms with van der Waals surface area (Å²) in [6, 6.07) is 8.31. The average Bonchev–Trinajstić information content (AvgIpc) is 2.40. The van der Waals surface area contributed by atoms with Crippen molar-refractivity contribution >= 4 is 43.2 Å². The number of nitrogens with one attached hydrogen (secondary N) is 1. The van der Waals surface area contributed by atoms with E-state index in [1.807, 2.05) is 4.72 Å². The average molecular weight is 415 g/mol. The van der Waals surface area contributed by atoms with Gasteiger partial charge in [-0.05, 0) is 42.5 Å². The van der Waals surface area contributed by atoms with Crippen LogP contribution in [0.4, 0.5) is 18.9 Å². The number of hydrogen-bond donors (Lipinski definition) is 1. The fourth-order valence-corrected chi connectivity index (χ4v) is 3.17. The Morgan fingerprint density at radius 3 is 2.18 bits per heavy atom. The minimum atomic E-state index is -4.73. The maximum absolute atomic E-state index is 13.0. The molecule has 118 valence electrons. The molecule has 0 bridgehead atoms. The first-order valence-corrected chi connectivity index (χ1v) is 8.40. The van der Waals surface area contributed by atoms with E-state index >= 15 is 0 Å². The molecule has 0 heterocycles.